The van der Waals surface area contributed by atoms with Gasteiger partial charge in [-0.2, -0.15) is 0 Å². The average Bonchev–Trinajstić information content (AvgIpc) is 3.16. The minimum Gasteiger partial charge on any atom is -1.00 e. The minimum absolute atomic E-state index is 0. The van der Waals surface area contributed by atoms with Crippen molar-refractivity contribution in [3.8, 4) is 0 Å². The van der Waals surface area contributed by atoms with Crippen LogP contribution in [0, 0.1) is 41.5 Å². The SMILES string of the molecule is Cc1n[n]([Ti+]([C]2=CC=CC2)[n]2nc(C)c(C)c2C)c(C)c1C.[Cl-]. The van der Waals surface area contributed by atoms with E-state index in [9.17, 15) is 0 Å². The molecule has 0 saturated heterocycles. The van der Waals surface area contributed by atoms with E-state index in [1.807, 2.05) is 0 Å². The number of aromatic nitrogens is 4. The van der Waals surface area contributed by atoms with Gasteiger partial charge >= 0.3 is 139 Å². The zero-order valence-corrected chi connectivity index (χ0v) is 16.9. The third-order valence-corrected chi connectivity index (χ3v) is 8.85. The summed E-state index contributed by atoms with van der Waals surface area (Å²) in [6.45, 7) is 12.9. The van der Waals surface area contributed by atoms with E-state index < -0.39 is 18.4 Å². The molecule has 3 rings (SSSR count). The van der Waals surface area contributed by atoms with E-state index in [2.05, 4.69) is 66.1 Å². The van der Waals surface area contributed by atoms with Gasteiger partial charge in [0.2, 0.25) is 0 Å². The summed E-state index contributed by atoms with van der Waals surface area (Å²) in [7, 11) is 0. The molecule has 2 aromatic heterocycles. The molecule has 1 aliphatic rings. The molecular formula is C17H23ClN4Ti. The Hall–Kier alpha value is -1.10. The Balaban J connectivity index is 0.00000192. The number of hydrogen-bond donors (Lipinski definition) is 0. The molecule has 2 aromatic rings. The molecule has 0 amide bonds. The van der Waals surface area contributed by atoms with E-state index in [0.29, 0.717) is 0 Å². The predicted octanol–water partition coefficient (Wildman–Crippen LogP) is 0.623. The number of aryl methyl sites for hydroxylation is 2. The molecule has 0 N–H and O–H groups in total. The molecule has 122 valence electrons. The standard InChI is InChI=1S/2C6H9N2.C5H5.ClH.Ti/c2*1-4-5(2)7-8-6(4)3;1-2-4-5-3-1;;/h2*1-3H3;1-3H,4H2;1H;/q2*-1;;;+3/p-1. The van der Waals surface area contributed by atoms with Gasteiger partial charge in [-0.25, -0.2) is 0 Å². The quantitative estimate of drug-likeness (QED) is 0.747. The summed E-state index contributed by atoms with van der Waals surface area (Å²) >= 11 is -2.03. The summed E-state index contributed by atoms with van der Waals surface area (Å²) in [6.07, 6.45) is 7.70. The largest absolute Gasteiger partial charge is 1.00 e. The van der Waals surface area contributed by atoms with Crippen LogP contribution in [0.3, 0.4) is 0 Å². The van der Waals surface area contributed by atoms with Crippen LogP contribution < -0.4 is 12.4 Å². The van der Waals surface area contributed by atoms with Crippen LogP contribution in [0.25, 0.3) is 0 Å². The Morgan fingerprint density at radius 3 is 1.65 bits per heavy atom. The molecule has 0 aromatic carbocycles. The molecular weight excluding hydrogens is 344 g/mol. The smallest absolute Gasteiger partial charge is 1.00 e. The molecule has 0 aliphatic heterocycles. The summed E-state index contributed by atoms with van der Waals surface area (Å²) in [5.74, 6) is 0. The van der Waals surface area contributed by atoms with Gasteiger partial charge in [-0.15, -0.1) is 0 Å². The van der Waals surface area contributed by atoms with E-state index in [1.165, 1.54) is 26.4 Å². The molecule has 0 unspecified atom stereocenters. The van der Waals surface area contributed by atoms with Gasteiger partial charge < -0.3 is 12.4 Å². The van der Waals surface area contributed by atoms with Crippen molar-refractivity contribution in [2.24, 2.45) is 0 Å². The minimum atomic E-state index is -2.03. The Morgan fingerprint density at radius 1 is 0.870 bits per heavy atom. The van der Waals surface area contributed by atoms with E-state index in [1.54, 1.807) is 0 Å². The van der Waals surface area contributed by atoms with Gasteiger partial charge in [0.25, 0.3) is 0 Å². The van der Waals surface area contributed by atoms with Crippen LogP contribution in [0.2, 0.25) is 0 Å². The third kappa shape index (κ3) is 3.00. The van der Waals surface area contributed by atoms with Crippen LogP contribution in [-0.4, -0.2) is 16.5 Å². The first kappa shape index (κ1) is 18.2. The topological polar surface area (TPSA) is 35.6 Å². The molecule has 0 saturated carbocycles. The molecule has 0 bridgehead atoms. The first-order valence-corrected chi connectivity index (χ1v) is 9.89. The first-order chi connectivity index (χ1) is 10.4. The van der Waals surface area contributed by atoms with E-state index in [4.69, 9.17) is 10.2 Å². The molecule has 2 heterocycles. The Kier molecular flexibility index (Phi) is 5.39. The van der Waals surface area contributed by atoms with Gasteiger partial charge in [-0.1, -0.05) is 0 Å². The van der Waals surface area contributed by atoms with Gasteiger partial charge in [0.15, 0.2) is 0 Å². The monoisotopic (exact) mass is 366 g/mol. The normalized spacial score (nSPS) is 13.2. The Morgan fingerprint density at radius 2 is 1.35 bits per heavy atom. The van der Waals surface area contributed by atoms with Gasteiger partial charge in [-0.3, -0.25) is 0 Å². The third-order valence-electron chi connectivity index (χ3n) is 4.77. The molecule has 4 nitrogen and oxygen atoms in total. The Labute approximate surface area is 151 Å². The van der Waals surface area contributed by atoms with Crippen molar-refractivity contribution in [3.63, 3.8) is 0 Å². The van der Waals surface area contributed by atoms with E-state index in [-0.39, 0.29) is 12.4 Å². The van der Waals surface area contributed by atoms with Crippen LogP contribution in [0.4, 0.5) is 0 Å². The van der Waals surface area contributed by atoms with Crippen LogP contribution >= 0.6 is 0 Å². The molecule has 0 fully saturated rings. The fraction of sp³-hybridized carbons (Fsp3) is 0.412. The van der Waals surface area contributed by atoms with Crippen molar-refractivity contribution in [3.05, 3.63) is 56.0 Å². The molecule has 23 heavy (non-hydrogen) atoms. The molecule has 0 atom stereocenters. The Bertz CT molecular complexity index is 746. The van der Waals surface area contributed by atoms with Crippen molar-refractivity contribution >= 4 is 0 Å². The van der Waals surface area contributed by atoms with E-state index >= 15 is 0 Å². The number of rotatable bonds is 3. The van der Waals surface area contributed by atoms with Crippen LogP contribution in [-0.2, 0) is 18.4 Å². The van der Waals surface area contributed by atoms with Gasteiger partial charge in [0.05, 0.1) is 0 Å². The summed E-state index contributed by atoms with van der Waals surface area (Å²) in [5.41, 5.74) is 7.43. The van der Waals surface area contributed by atoms with E-state index in [0.717, 1.165) is 17.8 Å². The summed E-state index contributed by atoms with van der Waals surface area (Å²) in [5, 5.41) is 9.74. The average molecular weight is 367 g/mol. The van der Waals surface area contributed by atoms with Crippen LogP contribution in [0.1, 0.15) is 40.3 Å². The number of allylic oxidation sites excluding steroid dienone is 4. The van der Waals surface area contributed by atoms with Gasteiger partial charge in [-0.05, 0) is 0 Å². The van der Waals surface area contributed by atoms with Gasteiger partial charge in [0, 0.05) is 0 Å². The summed E-state index contributed by atoms with van der Waals surface area (Å²) < 4.78 is 6.08. The van der Waals surface area contributed by atoms with Gasteiger partial charge in [0.1, 0.15) is 0 Å². The maximum absolute atomic E-state index is 4.87. The summed E-state index contributed by atoms with van der Waals surface area (Å²) in [4.78, 5) is 0. The number of hydrogen-bond acceptors (Lipinski definition) is 2. The fourth-order valence-corrected chi connectivity index (χ4v) is 7.09. The molecule has 6 heteroatoms. The molecule has 1 aliphatic carbocycles. The second-order valence-electron chi connectivity index (χ2n) is 6.06. The van der Waals surface area contributed by atoms with Crippen molar-refractivity contribution in [2.45, 2.75) is 48.0 Å². The van der Waals surface area contributed by atoms with Crippen molar-refractivity contribution < 1.29 is 30.8 Å². The zero-order valence-electron chi connectivity index (χ0n) is 14.6. The second-order valence-corrected chi connectivity index (χ2v) is 9.40. The fourth-order valence-electron chi connectivity index (χ4n) is 2.83. The number of nitrogens with zero attached hydrogens (tertiary/aromatic N) is 4. The summed E-state index contributed by atoms with van der Waals surface area (Å²) in [6, 6.07) is 0. The predicted molar refractivity (Wildman–Crippen MR) is 85.5 cm³/mol. The maximum atomic E-state index is 4.87. The first-order valence-electron chi connectivity index (χ1n) is 7.71. The van der Waals surface area contributed by atoms with Crippen LogP contribution in [0.5, 0.6) is 0 Å². The molecule has 0 radical (unpaired) electrons. The zero-order chi connectivity index (χ0) is 16.0. The van der Waals surface area contributed by atoms with Crippen molar-refractivity contribution in [1.29, 1.82) is 0 Å². The second kappa shape index (κ2) is 6.80. The van der Waals surface area contributed by atoms with Crippen molar-refractivity contribution in [2.75, 3.05) is 0 Å². The number of halogens is 1. The van der Waals surface area contributed by atoms with Crippen LogP contribution in [0.15, 0.2) is 22.1 Å². The van der Waals surface area contributed by atoms with Crippen molar-refractivity contribution in [1.82, 2.24) is 16.5 Å². The maximum Gasteiger partial charge on any atom is -1.00 e. The molecule has 0 spiro atoms.